The third kappa shape index (κ3) is 1.98. The molecule has 6 nitrogen and oxygen atoms in total. The van der Waals surface area contributed by atoms with E-state index in [1.54, 1.807) is 0 Å². The van der Waals surface area contributed by atoms with Crippen LogP contribution in [0, 0.1) is 0 Å². The number of hydrogen-bond donors (Lipinski definition) is 0. The number of hydrogen-bond acceptors (Lipinski definition) is 5. The van der Waals surface area contributed by atoms with E-state index < -0.39 is 0 Å². The molecule has 5 heterocycles. The maximum absolute atomic E-state index is 5.03. The molecular weight excluding hydrogens is 300 g/mol. The summed E-state index contributed by atoms with van der Waals surface area (Å²) in [6.07, 6.45) is 8.77. The third-order valence-corrected chi connectivity index (χ3v) is 5.40. The Morgan fingerprint density at radius 2 is 1.62 bits per heavy atom. The minimum Gasteiger partial charge on any atom is -0.356 e. The number of anilines is 2. The molecule has 2 saturated heterocycles. The average molecular weight is 322 g/mol. The van der Waals surface area contributed by atoms with Crippen molar-refractivity contribution in [1.82, 2.24) is 19.5 Å². The molecule has 6 heteroatoms. The molecule has 3 aromatic heterocycles. The minimum absolute atomic E-state index is 0.890. The Labute approximate surface area is 141 Å². The molecule has 0 amide bonds. The van der Waals surface area contributed by atoms with Crippen molar-refractivity contribution < 1.29 is 0 Å². The number of rotatable bonds is 2. The van der Waals surface area contributed by atoms with Crippen LogP contribution in [0.3, 0.4) is 0 Å². The summed E-state index contributed by atoms with van der Waals surface area (Å²) < 4.78 is 2.19. The van der Waals surface area contributed by atoms with Crippen molar-refractivity contribution in [2.45, 2.75) is 25.7 Å². The number of nitrogens with zero attached hydrogens (tertiary/aromatic N) is 6. The summed E-state index contributed by atoms with van der Waals surface area (Å²) in [7, 11) is 2.10. The maximum atomic E-state index is 5.03. The summed E-state index contributed by atoms with van der Waals surface area (Å²) in [6.45, 7) is 4.30. The van der Waals surface area contributed by atoms with Crippen LogP contribution in [-0.2, 0) is 7.05 Å². The van der Waals surface area contributed by atoms with Gasteiger partial charge in [0, 0.05) is 51.0 Å². The maximum Gasteiger partial charge on any atom is 0.229 e. The van der Waals surface area contributed by atoms with Crippen molar-refractivity contribution in [2.24, 2.45) is 7.05 Å². The quantitative estimate of drug-likeness (QED) is 0.726. The van der Waals surface area contributed by atoms with Gasteiger partial charge in [-0.2, -0.15) is 9.97 Å². The van der Waals surface area contributed by atoms with Gasteiger partial charge in [-0.15, -0.1) is 0 Å². The average Bonchev–Trinajstić information content (AvgIpc) is 3.36. The molecule has 2 fully saturated rings. The van der Waals surface area contributed by atoms with E-state index in [2.05, 4.69) is 32.5 Å². The van der Waals surface area contributed by atoms with E-state index in [9.17, 15) is 0 Å². The Hall–Kier alpha value is -2.37. The van der Waals surface area contributed by atoms with Gasteiger partial charge in [0.05, 0.1) is 10.9 Å². The van der Waals surface area contributed by atoms with Gasteiger partial charge in [0.15, 0.2) is 0 Å². The lowest BCUT2D eigenvalue weighted by Gasteiger charge is -2.21. The lowest BCUT2D eigenvalue weighted by molar-refractivity contribution is 0.873. The molecule has 0 bridgehead atoms. The first-order valence-corrected chi connectivity index (χ1v) is 8.93. The van der Waals surface area contributed by atoms with Gasteiger partial charge in [-0.1, -0.05) is 0 Å². The molecule has 24 heavy (non-hydrogen) atoms. The van der Waals surface area contributed by atoms with Crippen LogP contribution in [-0.4, -0.2) is 45.7 Å². The van der Waals surface area contributed by atoms with Gasteiger partial charge in [-0.05, 0) is 31.7 Å². The zero-order chi connectivity index (χ0) is 16.1. The summed E-state index contributed by atoms with van der Waals surface area (Å²) in [5.74, 6) is 1.98. The lowest BCUT2D eigenvalue weighted by Crippen LogP contribution is -2.24. The SMILES string of the molecule is Cn1c2ccncc2c2c(N3CCCC3)nc(N3CCCC3)nc21. The molecule has 0 saturated carbocycles. The first-order chi connectivity index (χ1) is 11.8. The fraction of sp³-hybridized carbons (Fsp3) is 0.500. The molecular formula is C18H22N6. The fourth-order valence-electron chi connectivity index (χ4n) is 4.11. The largest absolute Gasteiger partial charge is 0.356 e. The van der Waals surface area contributed by atoms with Crippen LogP contribution in [0.25, 0.3) is 21.9 Å². The van der Waals surface area contributed by atoms with E-state index in [-0.39, 0.29) is 0 Å². The summed E-state index contributed by atoms with van der Waals surface area (Å²) in [5.41, 5.74) is 2.20. The number of aromatic nitrogens is 4. The highest BCUT2D eigenvalue weighted by atomic mass is 15.3. The standard InChI is InChI=1S/C18H22N6/c1-22-14-6-7-19-12-13(14)15-16(22)20-18(24-10-4-5-11-24)21-17(15)23-8-2-3-9-23/h6-7,12H,2-5,8-11H2,1H3. The van der Waals surface area contributed by atoms with E-state index in [4.69, 9.17) is 9.97 Å². The Kier molecular flexibility index (Phi) is 3.11. The topological polar surface area (TPSA) is 50.1 Å². The van der Waals surface area contributed by atoms with Crippen molar-refractivity contribution >= 4 is 33.7 Å². The number of pyridine rings is 1. The highest BCUT2D eigenvalue weighted by molar-refractivity contribution is 6.12. The smallest absolute Gasteiger partial charge is 0.229 e. The van der Waals surface area contributed by atoms with Crippen LogP contribution in [0.5, 0.6) is 0 Å². The zero-order valence-electron chi connectivity index (χ0n) is 14.1. The number of fused-ring (bicyclic) bond motifs is 3. The summed E-state index contributed by atoms with van der Waals surface area (Å²) in [5, 5.41) is 2.32. The van der Waals surface area contributed by atoms with Crippen molar-refractivity contribution in [3.05, 3.63) is 18.5 Å². The first-order valence-electron chi connectivity index (χ1n) is 8.93. The first kappa shape index (κ1) is 14.0. The van der Waals surface area contributed by atoms with E-state index in [1.165, 1.54) is 31.2 Å². The van der Waals surface area contributed by atoms with Crippen LogP contribution in [0.4, 0.5) is 11.8 Å². The van der Waals surface area contributed by atoms with Crippen LogP contribution < -0.4 is 9.80 Å². The molecule has 0 radical (unpaired) electrons. The minimum atomic E-state index is 0.890. The second-order valence-electron chi connectivity index (χ2n) is 6.89. The lowest BCUT2D eigenvalue weighted by atomic mass is 10.2. The highest BCUT2D eigenvalue weighted by Gasteiger charge is 2.25. The van der Waals surface area contributed by atoms with E-state index in [0.717, 1.165) is 54.4 Å². The second kappa shape index (κ2) is 5.33. The van der Waals surface area contributed by atoms with Gasteiger partial charge in [0.1, 0.15) is 11.5 Å². The van der Waals surface area contributed by atoms with Gasteiger partial charge in [0.2, 0.25) is 5.95 Å². The molecule has 5 rings (SSSR count). The Morgan fingerprint density at radius 3 is 2.38 bits per heavy atom. The monoisotopic (exact) mass is 322 g/mol. The van der Waals surface area contributed by atoms with Crippen molar-refractivity contribution in [3.63, 3.8) is 0 Å². The normalized spacial score (nSPS) is 18.4. The van der Waals surface area contributed by atoms with Crippen molar-refractivity contribution in [3.8, 4) is 0 Å². The van der Waals surface area contributed by atoms with Gasteiger partial charge in [-0.25, -0.2) is 0 Å². The summed E-state index contributed by atoms with van der Waals surface area (Å²) in [6, 6.07) is 2.07. The highest BCUT2D eigenvalue weighted by Crippen LogP contribution is 2.36. The second-order valence-corrected chi connectivity index (χ2v) is 6.89. The molecule has 124 valence electrons. The van der Waals surface area contributed by atoms with E-state index >= 15 is 0 Å². The molecule has 0 unspecified atom stereocenters. The molecule has 0 spiro atoms. The molecule has 0 N–H and O–H groups in total. The van der Waals surface area contributed by atoms with E-state index in [1.807, 2.05) is 12.4 Å². The van der Waals surface area contributed by atoms with Gasteiger partial charge in [0.25, 0.3) is 0 Å². The van der Waals surface area contributed by atoms with Crippen LogP contribution in [0.15, 0.2) is 18.5 Å². The van der Waals surface area contributed by atoms with Crippen molar-refractivity contribution in [2.75, 3.05) is 36.0 Å². The van der Waals surface area contributed by atoms with Crippen molar-refractivity contribution in [1.29, 1.82) is 0 Å². The number of aryl methyl sites for hydroxylation is 1. The fourth-order valence-corrected chi connectivity index (χ4v) is 4.11. The Bertz CT molecular complexity index is 903. The van der Waals surface area contributed by atoms with Crippen LogP contribution >= 0.6 is 0 Å². The molecule has 0 atom stereocenters. The van der Waals surface area contributed by atoms with Gasteiger partial charge >= 0.3 is 0 Å². The van der Waals surface area contributed by atoms with Gasteiger partial charge in [-0.3, -0.25) is 4.98 Å². The predicted octanol–water partition coefficient (Wildman–Crippen LogP) is 2.72. The summed E-state index contributed by atoms with van der Waals surface area (Å²) in [4.78, 5) is 19.1. The molecule has 3 aromatic rings. The van der Waals surface area contributed by atoms with Gasteiger partial charge < -0.3 is 14.4 Å². The molecule has 0 aliphatic carbocycles. The van der Waals surface area contributed by atoms with E-state index in [0.29, 0.717) is 0 Å². The molecule has 0 aromatic carbocycles. The van der Waals surface area contributed by atoms with Crippen LogP contribution in [0.1, 0.15) is 25.7 Å². The Balaban J connectivity index is 1.82. The summed E-state index contributed by atoms with van der Waals surface area (Å²) >= 11 is 0. The van der Waals surface area contributed by atoms with Crippen LogP contribution in [0.2, 0.25) is 0 Å². The zero-order valence-corrected chi connectivity index (χ0v) is 14.1. The molecule has 2 aliphatic heterocycles. The Morgan fingerprint density at radius 1 is 0.917 bits per heavy atom. The predicted molar refractivity (Wildman–Crippen MR) is 96.7 cm³/mol. The third-order valence-electron chi connectivity index (χ3n) is 5.40. The molecule has 2 aliphatic rings.